The summed E-state index contributed by atoms with van der Waals surface area (Å²) < 4.78 is 17.2. The number of carbonyl (C=O) groups is 3. The molecular formula is C54H95NO7. The molecule has 2 atom stereocenters. The molecule has 0 heterocycles. The SMILES string of the molecule is CC/C=C/C/C=C/C/C=C/C/C=C/C/C=C/CCCC(=O)OC(COCCC(C(=O)[O-])[N+](C)(C)C)COC(=O)CCCCCCCCCCCCCCCCCCCCCCC. The Hall–Kier alpha value is -2.97. The number of carboxylic acids is 1. The van der Waals surface area contributed by atoms with Crippen LogP contribution in [0.4, 0.5) is 0 Å². The van der Waals surface area contributed by atoms with E-state index >= 15 is 0 Å². The summed E-state index contributed by atoms with van der Waals surface area (Å²) in [4.78, 5) is 37.0. The van der Waals surface area contributed by atoms with Gasteiger partial charge in [-0.15, -0.1) is 0 Å². The van der Waals surface area contributed by atoms with Crippen LogP contribution in [0.5, 0.6) is 0 Å². The highest BCUT2D eigenvalue weighted by Gasteiger charge is 2.25. The van der Waals surface area contributed by atoms with Gasteiger partial charge in [0.25, 0.3) is 0 Å². The number of hydrogen-bond donors (Lipinski definition) is 0. The van der Waals surface area contributed by atoms with Crippen molar-refractivity contribution in [1.82, 2.24) is 0 Å². The Morgan fingerprint density at radius 2 is 0.903 bits per heavy atom. The van der Waals surface area contributed by atoms with Crippen LogP contribution in [0, 0.1) is 0 Å². The molecule has 0 aliphatic carbocycles. The summed E-state index contributed by atoms with van der Waals surface area (Å²) in [6.45, 7) is 4.51. The highest BCUT2D eigenvalue weighted by atomic mass is 16.6. The highest BCUT2D eigenvalue weighted by molar-refractivity contribution is 5.70. The molecular weight excluding hydrogens is 775 g/mol. The summed E-state index contributed by atoms with van der Waals surface area (Å²) in [5.74, 6) is -1.81. The highest BCUT2D eigenvalue weighted by Crippen LogP contribution is 2.16. The molecule has 0 rings (SSSR count). The van der Waals surface area contributed by atoms with Gasteiger partial charge in [-0.1, -0.05) is 203 Å². The van der Waals surface area contributed by atoms with Crippen molar-refractivity contribution in [2.75, 3.05) is 41.0 Å². The maximum absolute atomic E-state index is 12.7. The van der Waals surface area contributed by atoms with Gasteiger partial charge in [0.05, 0.1) is 40.3 Å². The number of carbonyl (C=O) groups excluding carboxylic acids is 3. The molecule has 62 heavy (non-hydrogen) atoms. The summed E-state index contributed by atoms with van der Waals surface area (Å²) in [6.07, 6.45) is 55.5. The minimum absolute atomic E-state index is 0.0179. The van der Waals surface area contributed by atoms with Gasteiger partial charge in [0.2, 0.25) is 0 Å². The summed E-state index contributed by atoms with van der Waals surface area (Å²) >= 11 is 0. The van der Waals surface area contributed by atoms with Crippen LogP contribution >= 0.6 is 0 Å². The molecule has 0 aliphatic heterocycles. The van der Waals surface area contributed by atoms with Crippen molar-refractivity contribution in [2.45, 2.75) is 225 Å². The molecule has 0 amide bonds. The van der Waals surface area contributed by atoms with Gasteiger partial charge in [0.1, 0.15) is 12.6 Å². The molecule has 0 spiro atoms. The van der Waals surface area contributed by atoms with Gasteiger partial charge in [0.15, 0.2) is 6.10 Å². The first kappa shape index (κ1) is 59.0. The Balaban J connectivity index is 4.29. The number of aliphatic carboxylic acids is 1. The summed E-state index contributed by atoms with van der Waals surface area (Å²) in [5, 5.41) is 11.7. The molecule has 0 aromatic rings. The van der Waals surface area contributed by atoms with Gasteiger partial charge < -0.3 is 28.6 Å². The van der Waals surface area contributed by atoms with E-state index in [1.807, 2.05) is 0 Å². The predicted molar refractivity (Wildman–Crippen MR) is 259 cm³/mol. The summed E-state index contributed by atoms with van der Waals surface area (Å²) in [6, 6.07) is -0.737. The molecule has 0 aromatic heterocycles. The lowest BCUT2D eigenvalue weighted by molar-refractivity contribution is -0.889. The third-order valence-electron chi connectivity index (χ3n) is 11.2. The van der Waals surface area contributed by atoms with Crippen molar-refractivity contribution in [3.05, 3.63) is 60.8 Å². The summed E-state index contributed by atoms with van der Waals surface area (Å²) in [7, 11) is 5.39. The van der Waals surface area contributed by atoms with E-state index in [2.05, 4.69) is 74.6 Å². The maximum atomic E-state index is 12.7. The van der Waals surface area contributed by atoms with Gasteiger partial charge in [-0.2, -0.15) is 0 Å². The number of esters is 2. The zero-order chi connectivity index (χ0) is 45.6. The lowest BCUT2D eigenvalue weighted by Crippen LogP contribution is -2.55. The second-order valence-corrected chi connectivity index (χ2v) is 18.0. The van der Waals surface area contributed by atoms with Gasteiger partial charge in [-0.05, 0) is 51.4 Å². The van der Waals surface area contributed by atoms with E-state index in [0.29, 0.717) is 12.8 Å². The van der Waals surface area contributed by atoms with Crippen LogP contribution in [-0.2, 0) is 28.6 Å². The summed E-state index contributed by atoms with van der Waals surface area (Å²) in [5.41, 5.74) is 0. The van der Waals surface area contributed by atoms with Crippen LogP contribution in [0.1, 0.15) is 213 Å². The number of nitrogens with zero attached hydrogens (tertiary/aromatic N) is 1. The topological polar surface area (TPSA) is 102 Å². The van der Waals surface area contributed by atoms with Crippen LogP contribution < -0.4 is 5.11 Å². The molecule has 0 aromatic carbocycles. The van der Waals surface area contributed by atoms with Crippen molar-refractivity contribution in [2.24, 2.45) is 0 Å². The lowest BCUT2D eigenvalue weighted by atomic mass is 10.0. The van der Waals surface area contributed by atoms with E-state index in [9.17, 15) is 19.5 Å². The monoisotopic (exact) mass is 870 g/mol. The molecule has 0 bridgehead atoms. The normalized spacial score (nSPS) is 13.4. The second kappa shape index (κ2) is 44.6. The van der Waals surface area contributed by atoms with Crippen LogP contribution in [0.15, 0.2) is 60.8 Å². The van der Waals surface area contributed by atoms with E-state index < -0.39 is 18.1 Å². The maximum Gasteiger partial charge on any atom is 0.306 e. The zero-order valence-electron chi connectivity index (χ0n) is 40.8. The molecule has 0 N–H and O–H groups in total. The number of hydrogen-bond acceptors (Lipinski definition) is 7. The third kappa shape index (κ3) is 42.3. The Bertz CT molecular complexity index is 1200. The zero-order valence-corrected chi connectivity index (χ0v) is 40.8. The number of ether oxygens (including phenoxy) is 3. The molecule has 0 radical (unpaired) electrons. The van der Waals surface area contributed by atoms with Crippen molar-refractivity contribution >= 4 is 17.9 Å². The van der Waals surface area contributed by atoms with Gasteiger partial charge >= 0.3 is 11.9 Å². The van der Waals surface area contributed by atoms with Crippen LogP contribution in [0.2, 0.25) is 0 Å². The number of rotatable bonds is 45. The molecule has 8 nitrogen and oxygen atoms in total. The lowest BCUT2D eigenvalue weighted by Gasteiger charge is -2.34. The molecule has 0 saturated heterocycles. The quantitative estimate of drug-likeness (QED) is 0.0260. The minimum atomic E-state index is -1.13. The van der Waals surface area contributed by atoms with Crippen molar-refractivity contribution in [3.8, 4) is 0 Å². The van der Waals surface area contributed by atoms with Crippen LogP contribution in [0.25, 0.3) is 0 Å². The first-order chi connectivity index (χ1) is 30.1. The number of carboxylic acid groups (broad SMARTS) is 1. The van der Waals surface area contributed by atoms with E-state index in [-0.39, 0.29) is 49.1 Å². The van der Waals surface area contributed by atoms with E-state index in [0.717, 1.165) is 57.8 Å². The van der Waals surface area contributed by atoms with Gasteiger partial charge in [0, 0.05) is 19.3 Å². The Morgan fingerprint density at radius 1 is 0.500 bits per heavy atom. The van der Waals surface area contributed by atoms with E-state index in [4.69, 9.17) is 14.2 Å². The molecule has 0 fully saturated rings. The number of allylic oxidation sites excluding steroid dienone is 10. The first-order valence-corrected chi connectivity index (χ1v) is 25.3. The van der Waals surface area contributed by atoms with Crippen LogP contribution in [-0.4, -0.2) is 75.5 Å². The Kier molecular flexibility index (Phi) is 42.5. The van der Waals surface area contributed by atoms with Crippen LogP contribution in [0.3, 0.4) is 0 Å². The molecule has 0 saturated carbocycles. The minimum Gasteiger partial charge on any atom is -0.544 e. The smallest absolute Gasteiger partial charge is 0.306 e. The first-order valence-electron chi connectivity index (χ1n) is 25.3. The van der Waals surface area contributed by atoms with E-state index in [1.165, 1.54) is 116 Å². The average Bonchev–Trinajstić information content (AvgIpc) is 3.23. The van der Waals surface area contributed by atoms with Gasteiger partial charge in [-0.3, -0.25) is 9.59 Å². The standard InChI is InChI=1S/C54H95NO7/c1-6-8-10-12-14-16-18-20-22-24-25-26-27-29-30-32-34-36-38-40-42-44-52(56)61-49-50(48-60-47-46-51(54(58)59)55(3,4)5)62-53(57)45-43-41-39-37-35-33-31-28-23-21-19-17-15-13-11-9-7-2/h9,11,15,17,21,23,31,33,37,39,50-51H,6-8,10,12-14,16,18-20,22,24-30,32,34-36,38,40-49H2,1-5H3/b11-9+,17-15+,23-21+,33-31+,39-37+. The third-order valence-corrected chi connectivity index (χ3v) is 11.2. The Morgan fingerprint density at radius 3 is 1.32 bits per heavy atom. The largest absolute Gasteiger partial charge is 0.544 e. The van der Waals surface area contributed by atoms with E-state index in [1.54, 1.807) is 21.1 Å². The van der Waals surface area contributed by atoms with Crippen molar-refractivity contribution in [3.63, 3.8) is 0 Å². The van der Waals surface area contributed by atoms with Crippen molar-refractivity contribution < 1.29 is 38.2 Å². The number of likely N-dealkylation sites (N-methyl/N-ethyl adjacent to an activating group) is 1. The fraction of sp³-hybridized carbons (Fsp3) is 0.759. The van der Waals surface area contributed by atoms with Crippen molar-refractivity contribution in [1.29, 1.82) is 0 Å². The Labute approximate surface area is 381 Å². The average molecular weight is 870 g/mol. The molecule has 0 aliphatic rings. The predicted octanol–water partition coefficient (Wildman–Crippen LogP) is 13.2. The molecule has 358 valence electrons. The fourth-order valence-electron chi connectivity index (χ4n) is 7.28. The second-order valence-electron chi connectivity index (χ2n) is 18.0. The fourth-order valence-corrected chi connectivity index (χ4v) is 7.28. The molecule has 8 heteroatoms. The molecule has 2 unspecified atom stereocenters. The van der Waals surface area contributed by atoms with Gasteiger partial charge in [-0.25, -0.2) is 0 Å². The number of unbranched alkanes of at least 4 members (excludes halogenated alkanes) is 21. The number of quaternary nitrogens is 1.